The van der Waals surface area contributed by atoms with Crippen molar-refractivity contribution < 1.29 is 22.7 Å². The summed E-state index contributed by atoms with van der Waals surface area (Å²) in [5, 5.41) is 2.73. The van der Waals surface area contributed by atoms with E-state index in [-0.39, 0.29) is 37.4 Å². The van der Waals surface area contributed by atoms with Gasteiger partial charge in [-0.1, -0.05) is 31.2 Å². The van der Waals surface area contributed by atoms with Crippen LogP contribution < -0.4 is 11.1 Å². The molecule has 3 N–H and O–H groups in total. The quantitative estimate of drug-likeness (QED) is 0.801. The van der Waals surface area contributed by atoms with Crippen LogP contribution in [0.5, 0.6) is 0 Å². The van der Waals surface area contributed by atoms with E-state index in [9.17, 15) is 18.0 Å². The first-order chi connectivity index (χ1) is 9.81. The van der Waals surface area contributed by atoms with E-state index in [1.165, 1.54) is 0 Å². The number of benzene rings is 1. The number of rotatable bonds is 7. The van der Waals surface area contributed by atoms with Gasteiger partial charge in [-0.15, -0.1) is 12.4 Å². The molecule has 0 fully saturated rings. The molecule has 126 valence electrons. The van der Waals surface area contributed by atoms with Crippen LogP contribution in [0.1, 0.15) is 18.1 Å². The SMILES string of the molecule is CC(CN)C(=O)NCc1ccc(COCC(F)(F)F)cc1.Cl. The second-order valence-electron chi connectivity index (χ2n) is 4.78. The highest BCUT2D eigenvalue weighted by molar-refractivity contribution is 5.85. The van der Waals surface area contributed by atoms with E-state index in [1.807, 2.05) is 0 Å². The van der Waals surface area contributed by atoms with Crippen LogP contribution in [-0.4, -0.2) is 25.2 Å². The summed E-state index contributed by atoms with van der Waals surface area (Å²) in [6.45, 7) is 1.00. The minimum Gasteiger partial charge on any atom is -0.367 e. The standard InChI is InChI=1S/C14H19F3N2O2.ClH/c1-10(6-18)13(20)19-7-11-2-4-12(5-3-11)8-21-9-14(15,16)17;/h2-5,10H,6-9,18H2,1H3,(H,19,20);1H. The van der Waals surface area contributed by atoms with Crippen molar-refractivity contribution in [2.24, 2.45) is 11.7 Å². The molecule has 0 bridgehead atoms. The molecule has 1 aromatic rings. The Labute approximate surface area is 133 Å². The van der Waals surface area contributed by atoms with Crippen molar-refractivity contribution >= 4 is 18.3 Å². The number of nitrogens with one attached hydrogen (secondary N) is 1. The zero-order valence-corrected chi connectivity index (χ0v) is 13.0. The van der Waals surface area contributed by atoms with E-state index >= 15 is 0 Å². The lowest BCUT2D eigenvalue weighted by Crippen LogP contribution is -2.32. The summed E-state index contributed by atoms with van der Waals surface area (Å²) in [4.78, 5) is 11.5. The monoisotopic (exact) mass is 340 g/mol. The van der Waals surface area contributed by atoms with Crippen LogP contribution in [0.15, 0.2) is 24.3 Å². The van der Waals surface area contributed by atoms with Gasteiger partial charge in [0.2, 0.25) is 5.91 Å². The molecule has 22 heavy (non-hydrogen) atoms. The Balaban J connectivity index is 0.00000441. The number of ether oxygens (including phenoxy) is 1. The Kier molecular flexibility index (Phi) is 9.08. The number of amides is 1. The summed E-state index contributed by atoms with van der Waals surface area (Å²) in [5.41, 5.74) is 6.88. The number of carbonyl (C=O) groups is 1. The Morgan fingerprint density at radius 2 is 1.82 bits per heavy atom. The predicted molar refractivity (Wildman–Crippen MR) is 79.5 cm³/mol. The predicted octanol–water partition coefficient (Wildman–Crippen LogP) is 2.40. The highest BCUT2D eigenvalue weighted by Gasteiger charge is 2.27. The number of alkyl halides is 3. The van der Waals surface area contributed by atoms with Crippen molar-refractivity contribution in [3.63, 3.8) is 0 Å². The summed E-state index contributed by atoms with van der Waals surface area (Å²) in [5.74, 6) is -0.380. The van der Waals surface area contributed by atoms with Crippen LogP contribution in [0.3, 0.4) is 0 Å². The minimum absolute atomic E-state index is 0. The first-order valence-corrected chi connectivity index (χ1v) is 6.52. The zero-order chi connectivity index (χ0) is 15.9. The fraction of sp³-hybridized carbons (Fsp3) is 0.500. The van der Waals surface area contributed by atoms with Crippen LogP contribution in [0.25, 0.3) is 0 Å². The van der Waals surface area contributed by atoms with E-state index < -0.39 is 12.8 Å². The molecule has 4 nitrogen and oxygen atoms in total. The van der Waals surface area contributed by atoms with Gasteiger partial charge in [0.15, 0.2) is 0 Å². The Bertz CT molecular complexity index is 452. The van der Waals surface area contributed by atoms with Gasteiger partial charge in [0.1, 0.15) is 6.61 Å². The topological polar surface area (TPSA) is 64.4 Å². The third-order valence-corrected chi connectivity index (χ3v) is 2.83. The largest absolute Gasteiger partial charge is 0.411 e. The van der Waals surface area contributed by atoms with Crippen molar-refractivity contribution in [3.8, 4) is 0 Å². The molecular formula is C14H20ClF3N2O2. The summed E-state index contributed by atoms with van der Waals surface area (Å²) in [6, 6.07) is 6.81. The van der Waals surface area contributed by atoms with Crippen molar-refractivity contribution in [2.45, 2.75) is 26.3 Å². The molecule has 0 saturated heterocycles. The summed E-state index contributed by atoms with van der Waals surface area (Å²) >= 11 is 0. The molecule has 1 atom stereocenters. The Morgan fingerprint density at radius 1 is 1.27 bits per heavy atom. The first kappa shape index (κ1) is 20.7. The van der Waals surface area contributed by atoms with Gasteiger partial charge in [0.05, 0.1) is 6.61 Å². The molecule has 0 aromatic heterocycles. The molecule has 0 aliphatic carbocycles. The number of hydrogen-bond acceptors (Lipinski definition) is 3. The lowest BCUT2D eigenvalue weighted by molar-refractivity contribution is -0.176. The third kappa shape index (κ3) is 8.21. The fourth-order valence-electron chi connectivity index (χ4n) is 1.51. The molecule has 0 aliphatic heterocycles. The van der Waals surface area contributed by atoms with Crippen LogP contribution >= 0.6 is 12.4 Å². The highest BCUT2D eigenvalue weighted by atomic mass is 35.5. The molecule has 1 unspecified atom stereocenters. The maximum absolute atomic E-state index is 11.9. The van der Waals surface area contributed by atoms with Crippen molar-refractivity contribution in [1.29, 1.82) is 0 Å². The van der Waals surface area contributed by atoms with Gasteiger partial charge < -0.3 is 15.8 Å². The molecule has 8 heteroatoms. The maximum atomic E-state index is 11.9. The summed E-state index contributed by atoms with van der Waals surface area (Å²) in [6.07, 6.45) is -4.32. The summed E-state index contributed by atoms with van der Waals surface area (Å²) < 4.78 is 40.3. The van der Waals surface area contributed by atoms with Gasteiger partial charge >= 0.3 is 6.18 Å². The maximum Gasteiger partial charge on any atom is 0.411 e. The molecule has 0 saturated carbocycles. The normalized spacial score (nSPS) is 12.4. The van der Waals surface area contributed by atoms with Crippen molar-refractivity contribution in [3.05, 3.63) is 35.4 Å². The number of hydrogen-bond donors (Lipinski definition) is 2. The van der Waals surface area contributed by atoms with E-state index in [4.69, 9.17) is 5.73 Å². The highest BCUT2D eigenvalue weighted by Crippen LogP contribution is 2.15. The molecule has 0 spiro atoms. The number of nitrogens with two attached hydrogens (primary N) is 1. The van der Waals surface area contributed by atoms with Crippen molar-refractivity contribution in [2.75, 3.05) is 13.2 Å². The van der Waals surface area contributed by atoms with Gasteiger partial charge in [0.25, 0.3) is 0 Å². The van der Waals surface area contributed by atoms with Gasteiger partial charge in [-0.3, -0.25) is 4.79 Å². The average Bonchev–Trinajstić information content (AvgIpc) is 2.44. The molecule has 0 heterocycles. The van der Waals surface area contributed by atoms with Gasteiger partial charge in [-0.25, -0.2) is 0 Å². The van der Waals surface area contributed by atoms with Gasteiger partial charge in [-0.05, 0) is 11.1 Å². The summed E-state index contributed by atoms with van der Waals surface area (Å²) in [7, 11) is 0. The first-order valence-electron chi connectivity index (χ1n) is 6.52. The van der Waals surface area contributed by atoms with E-state index in [2.05, 4.69) is 10.1 Å². The van der Waals surface area contributed by atoms with Crippen LogP contribution in [0, 0.1) is 5.92 Å². The number of carbonyl (C=O) groups excluding carboxylic acids is 1. The van der Waals surface area contributed by atoms with Crippen molar-refractivity contribution in [1.82, 2.24) is 5.32 Å². The van der Waals surface area contributed by atoms with Gasteiger partial charge in [0, 0.05) is 19.0 Å². The molecule has 1 amide bonds. The Morgan fingerprint density at radius 3 is 2.32 bits per heavy atom. The van der Waals surface area contributed by atoms with Crippen LogP contribution in [0.2, 0.25) is 0 Å². The van der Waals surface area contributed by atoms with Crippen LogP contribution in [-0.2, 0) is 22.7 Å². The minimum atomic E-state index is -4.32. The van der Waals surface area contributed by atoms with E-state index in [0.717, 1.165) is 5.56 Å². The molecule has 1 rings (SSSR count). The molecule has 0 aliphatic rings. The third-order valence-electron chi connectivity index (χ3n) is 2.83. The lowest BCUT2D eigenvalue weighted by atomic mass is 10.1. The van der Waals surface area contributed by atoms with E-state index in [0.29, 0.717) is 12.1 Å². The average molecular weight is 341 g/mol. The number of halogens is 4. The zero-order valence-electron chi connectivity index (χ0n) is 12.2. The van der Waals surface area contributed by atoms with E-state index in [1.54, 1.807) is 31.2 Å². The smallest absolute Gasteiger partial charge is 0.367 e. The van der Waals surface area contributed by atoms with Crippen LogP contribution in [0.4, 0.5) is 13.2 Å². The second-order valence-corrected chi connectivity index (χ2v) is 4.78. The Hall–Kier alpha value is -1.31. The second kappa shape index (κ2) is 9.66. The molecular weight excluding hydrogens is 321 g/mol. The fourth-order valence-corrected chi connectivity index (χ4v) is 1.51. The van der Waals surface area contributed by atoms with Gasteiger partial charge in [-0.2, -0.15) is 13.2 Å². The molecule has 0 radical (unpaired) electrons. The molecule has 1 aromatic carbocycles. The lowest BCUT2D eigenvalue weighted by Gasteiger charge is -2.11.